The van der Waals surface area contributed by atoms with E-state index in [4.69, 9.17) is 15.4 Å². The highest BCUT2D eigenvalue weighted by Crippen LogP contribution is 2.41. The van der Waals surface area contributed by atoms with Gasteiger partial charge in [-0.05, 0) is 36.6 Å². The number of thiazole rings is 1. The van der Waals surface area contributed by atoms with Crippen molar-refractivity contribution in [3.05, 3.63) is 137 Å². The first-order chi connectivity index (χ1) is 18.5. The normalized spacial score (nSPS) is 11.5. The fraction of sp³-hybridized carbons (Fsp3) is 0.125. The average Bonchev–Trinajstić information content (AvgIpc) is 3.48. The summed E-state index contributed by atoms with van der Waals surface area (Å²) < 4.78 is 0. The molecule has 0 saturated carbocycles. The van der Waals surface area contributed by atoms with Crippen molar-refractivity contribution in [2.24, 2.45) is 0 Å². The highest BCUT2D eigenvalue weighted by Gasteiger charge is 2.37. The first kappa shape index (κ1) is 25.1. The molecule has 0 aliphatic carbocycles. The van der Waals surface area contributed by atoms with Gasteiger partial charge in [0.1, 0.15) is 16.4 Å². The molecule has 3 aromatic carbocycles. The van der Waals surface area contributed by atoms with Crippen LogP contribution in [0.25, 0.3) is 10.6 Å². The van der Waals surface area contributed by atoms with Crippen LogP contribution in [0.1, 0.15) is 41.8 Å². The Hall–Kier alpha value is -4.60. The SMILES string of the molecule is CC(C)(C#N)c1csc(-c2ccnc(NC(c3ccccc3)(c3ccccc3)c3ccccc3)c2C=[NH2+])n1. The maximum absolute atomic E-state index is 9.59. The van der Waals surface area contributed by atoms with E-state index in [0.717, 1.165) is 38.5 Å². The fourth-order valence-corrected chi connectivity index (χ4v) is 5.66. The van der Waals surface area contributed by atoms with Gasteiger partial charge < -0.3 is 5.32 Å². The van der Waals surface area contributed by atoms with Gasteiger partial charge in [-0.2, -0.15) is 5.26 Å². The van der Waals surface area contributed by atoms with Gasteiger partial charge >= 0.3 is 0 Å². The summed E-state index contributed by atoms with van der Waals surface area (Å²) in [6.45, 7) is 3.74. The van der Waals surface area contributed by atoms with E-state index in [9.17, 15) is 5.26 Å². The van der Waals surface area contributed by atoms with E-state index < -0.39 is 11.0 Å². The third kappa shape index (κ3) is 4.49. The molecular weight excluding hydrogens is 486 g/mol. The third-order valence-electron chi connectivity index (χ3n) is 6.74. The Morgan fingerprint density at radius 2 is 1.37 bits per heavy atom. The summed E-state index contributed by atoms with van der Waals surface area (Å²) in [4.78, 5) is 9.58. The van der Waals surface area contributed by atoms with Crippen LogP contribution in [-0.2, 0) is 11.0 Å². The second-order valence-corrected chi connectivity index (χ2v) is 10.4. The molecule has 3 N–H and O–H groups in total. The van der Waals surface area contributed by atoms with Crippen LogP contribution < -0.4 is 10.7 Å². The zero-order valence-electron chi connectivity index (χ0n) is 21.3. The fourth-order valence-electron chi connectivity index (χ4n) is 4.63. The van der Waals surface area contributed by atoms with Crippen molar-refractivity contribution in [3.8, 4) is 16.6 Å². The van der Waals surface area contributed by atoms with Crippen LogP contribution >= 0.6 is 11.3 Å². The number of rotatable bonds is 8. The van der Waals surface area contributed by atoms with Crippen molar-refractivity contribution < 1.29 is 5.41 Å². The molecule has 5 nitrogen and oxygen atoms in total. The summed E-state index contributed by atoms with van der Waals surface area (Å²) in [5.41, 5.74) is 4.12. The Kier molecular flexibility index (Phi) is 6.87. The minimum Gasteiger partial charge on any atom is -0.352 e. The molecule has 38 heavy (non-hydrogen) atoms. The number of nitriles is 1. The highest BCUT2D eigenvalue weighted by molar-refractivity contribution is 7.13. The smallest absolute Gasteiger partial charge is 0.171 e. The summed E-state index contributed by atoms with van der Waals surface area (Å²) in [6.07, 6.45) is 3.35. The van der Waals surface area contributed by atoms with E-state index in [0.29, 0.717) is 5.82 Å². The van der Waals surface area contributed by atoms with E-state index in [-0.39, 0.29) is 0 Å². The molecule has 0 fully saturated rings. The average molecular weight is 515 g/mol. The lowest BCUT2D eigenvalue weighted by atomic mass is 9.77. The quantitative estimate of drug-likeness (QED) is 0.209. The summed E-state index contributed by atoms with van der Waals surface area (Å²) in [6, 6.07) is 35.3. The van der Waals surface area contributed by atoms with Crippen LogP contribution in [0, 0.1) is 11.3 Å². The number of hydrogen-bond acceptors (Lipinski definition) is 5. The second-order valence-electron chi connectivity index (χ2n) is 9.54. The van der Waals surface area contributed by atoms with Gasteiger partial charge in [0.2, 0.25) is 0 Å². The first-order valence-corrected chi connectivity index (χ1v) is 13.2. The van der Waals surface area contributed by atoms with E-state index >= 15 is 0 Å². The standard InChI is InChI=1S/C32H27N5S/c1-31(2,22-34)28-21-38-30(36-28)26-18-19-35-29(27(26)20-33)37-32(23-12-6-3-7-13-23,24-14-8-4-9-15-24)25-16-10-5-11-17-25/h3-21,33H,1-2H3,(H,35,37)/p+1. The van der Waals surface area contributed by atoms with Crippen LogP contribution in [-0.4, -0.2) is 16.2 Å². The maximum atomic E-state index is 9.59. The number of anilines is 1. The molecule has 0 bridgehead atoms. The molecule has 186 valence electrons. The largest absolute Gasteiger partial charge is 0.352 e. The van der Waals surface area contributed by atoms with Gasteiger partial charge in [-0.15, -0.1) is 11.3 Å². The van der Waals surface area contributed by atoms with Gasteiger partial charge in [0.15, 0.2) is 6.21 Å². The lowest BCUT2D eigenvalue weighted by Crippen LogP contribution is -2.39. The molecule has 6 heteroatoms. The third-order valence-corrected chi connectivity index (χ3v) is 7.61. The monoisotopic (exact) mass is 514 g/mol. The minimum absolute atomic E-state index is 0.637. The Balaban J connectivity index is 1.72. The van der Waals surface area contributed by atoms with Crippen molar-refractivity contribution in [1.29, 1.82) is 5.26 Å². The molecule has 0 radical (unpaired) electrons. The first-order valence-electron chi connectivity index (χ1n) is 12.4. The van der Waals surface area contributed by atoms with Crippen LogP contribution in [0.2, 0.25) is 0 Å². The van der Waals surface area contributed by atoms with E-state index in [1.165, 1.54) is 11.3 Å². The molecule has 5 rings (SSSR count). The van der Waals surface area contributed by atoms with E-state index in [2.05, 4.69) is 47.8 Å². The molecular formula is C32H28N5S+. The number of nitrogens with zero attached hydrogens (tertiary/aromatic N) is 3. The molecule has 2 heterocycles. The van der Waals surface area contributed by atoms with Crippen molar-refractivity contribution in [1.82, 2.24) is 9.97 Å². The number of nitrogens with one attached hydrogen (secondary N) is 1. The van der Waals surface area contributed by atoms with Crippen molar-refractivity contribution in [2.45, 2.75) is 24.8 Å². The van der Waals surface area contributed by atoms with Gasteiger partial charge in [-0.3, -0.25) is 5.41 Å². The molecule has 0 aliphatic rings. The summed E-state index contributed by atoms with van der Waals surface area (Å²) in [5, 5.41) is 22.4. The Labute approximate surface area is 227 Å². The number of aromatic nitrogens is 2. The van der Waals surface area contributed by atoms with Crippen LogP contribution in [0.15, 0.2) is 109 Å². The molecule has 0 aliphatic heterocycles. The van der Waals surface area contributed by atoms with Crippen LogP contribution in [0.4, 0.5) is 5.82 Å². The summed E-state index contributed by atoms with van der Waals surface area (Å²) >= 11 is 1.50. The molecule has 0 saturated heterocycles. The predicted octanol–water partition coefficient (Wildman–Crippen LogP) is 5.59. The zero-order valence-corrected chi connectivity index (χ0v) is 22.1. The zero-order chi connectivity index (χ0) is 26.6. The van der Waals surface area contributed by atoms with Gasteiger partial charge in [0, 0.05) is 17.1 Å². The highest BCUT2D eigenvalue weighted by atomic mass is 32.1. The number of hydrogen-bond donors (Lipinski definition) is 2. The van der Waals surface area contributed by atoms with Gasteiger partial charge in [0.05, 0.1) is 22.7 Å². The maximum Gasteiger partial charge on any atom is 0.171 e. The number of pyridine rings is 1. The Morgan fingerprint density at radius 3 is 1.84 bits per heavy atom. The minimum atomic E-state index is -0.746. The topological polar surface area (TPSA) is 87.2 Å². The lowest BCUT2D eigenvalue weighted by Gasteiger charge is -2.37. The number of benzene rings is 3. The summed E-state index contributed by atoms with van der Waals surface area (Å²) in [7, 11) is 0. The van der Waals surface area contributed by atoms with Crippen molar-refractivity contribution >= 4 is 23.4 Å². The van der Waals surface area contributed by atoms with Crippen LogP contribution in [0.5, 0.6) is 0 Å². The molecule has 0 amide bonds. The molecule has 0 spiro atoms. The van der Waals surface area contributed by atoms with Crippen molar-refractivity contribution in [2.75, 3.05) is 5.32 Å². The summed E-state index contributed by atoms with van der Waals surface area (Å²) in [5.74, 6) is 0.637. The predicted molar refractivity (Wildman–Crippen MR) is 154 cm³/mol. The van der Waals surface area contributed by atoms with Crippen molar-refractivity contribution in [3.63, 3.8) is 0 Å². The van der Waals surface area contributed by atoms with E-state index in [1.807, 2.05) is 79.9 Å². The molecule has 2 aromatic heterocycles. The molecule has 0 unspecified atom stereocenters. The Morgan fingerprint density at radius 1 is 0.842 bits per heavy atom. The van der Waals surface area contributed by atoms with Gasteiger partial charge in [-0.1, -0.05) is 91.0 Å². The second kappa shape index (κ2) is 10.4. The van der Waals surface area contributed by atoms with Gasteiger partial charge in [0.25, 0.3) is 0 Å². The van der Waals surface area contributed by atoms with Gasteiger partial charge in [-0.25, -0.2) is 9.97 Å². The lowest BCUT2D eigenvalue weighted by molar-refractivity contribution is -0.104. The Bertz CT molecular complexity index is 1490. The van der Waals surface area contributed by atoms with E-state index in [1.54, 1.807) is 12.4 Å². The number of nitrogens with two attached hydrogens (primary N) is 1. The molecule has 5 aromatic rings. The molecule has 0 atom stereocenters. The van der Waals surface area contributed by atoms with Crippen LogP contribution in [0.3, 0.4) is 0 Å².